The van der Waals surface area contributed by atoms with Crippen LogP contribution in [0.3, 0.4) is 0 Å². The molecule has 1 aliphatic carbocycles. The summed E-state index contributed by atoms with van der Waals surface area (Å²) in [6, 6.07) is 5.95. The molecule has 0 N–H and O–H groups in total. The van der Waals surface area contributed by atoms with Crippen LogP contribution in [0.25, 0.3) is 0 Å². The number of carbonyl (C=O) groups excluding carboxylic acids is 1. The summed E-state index contributed by atoms with van der Waals surface area (Å²) in [5.41, 5.74) is 3.25. The molecular weight excluding hydrogens is 330 g/mol. The summed E-state index contributed by atoms with van der Waals surface area (Å²) in [5, 5.41) is 0. The lowest BCUT2D eigenvalue weighted by Gasteiger charge is -2.08. The highest BCUT2D eigenvalue weighted by Crippen LogP contribution is 2.26. The van der Waals surface area contributed by atoms with Crippen molar-refractivity contribution in [2.45, 2.75) is 32.2 Å². The molecular formula is C17H18BrNO2. The topological polar surface area (TPSA) is 31.2 Å². The van der Waals surface area contributed by atoms with Gasteiger partial charge in [0.05, 0.1) is 7.11 Å². The number of hydrogen-bond donors (Lipinski definition) is 0. The first kappa shape index (κ1) is 14.4. The van der Waals surface area contributed by atoms with E-state index in [2.05, 4.69) is 26.7 Å². The van der Waals surface area contributed by atoms with E-state index in [1.165, 1.54) is 5.56 Å². The lowest BCUT2D eigenvalue weighted by atomic mass is 10.1. The molecule has 0 bridgehead atoms. The highest BCUT2D eigenvalue weighted by atomic mass is 79.9. The van der Waals surface area contributed by atoms with Gasteiger partial charge in [-0.2, -0.15) is 0 Å². The van der Waals surface area contributed by atoms with Crippen molar-refractivity contribution in [1.82, 2.24) is 4.57 Å². The van der Waals surface area contributed by atoms with Gasteiger partial charge in [0.1, 0.15) is 5.75 Å². The fourth-order valence-corrected chi connectivity index (χ4v) is 3.20. The molecule has 3 rings (SSSR count). The number of aryl methyl sites for hydroxylation is 1. The Balaban J connectivity index is 1.89. The van der Waals surface area contributed by atoms with Gasteiger partial charge in [-0.25, -0.2) is 0 Å². The summed E-state index contributed by atoms with van der Waals surface area (Å²) in [4.78, 5) is 12.1. The summed E-state index contributed by atoms with van der Waals surface area (Å²) in [6.07, 6.45) is 7.91. The predicted molar refractivity (Wildman–Crippen MR) is 86.1 cm³/mol. The quantitative estimate of drug-likeness (QED) is 0.778. The SMILES string of the molecule is COc1ccc(Br)c(Cn2cc3c(c2)C(=O)CCCC3)c1. The number of ether oxygens (including phenoxy) is 1. The first-order chi connectivity index (χ1) is 10.2. The molecule has 3 nitrogen and oxygen atoms in total. The van der Waals surface area contributed by atoms with Gasteiger partial charge in [-0.1, -0.05) is 15.9 Å². The molecule has 21 heavy (non-hydrogen) atoms. The lowest BCUT2D eigenvalue weighted by molar-refractivity contribution is 0.0982. The summed E-state index contributed by atoms with van der Waals surface area (Å²) in [7, 11) is 1.67. The normalized spacial score (nSPS) is 14.7. The van der Waals surface area contributed by atoms with Crippen LogP contribution in [-0.2, 0) is 13.0 Å². The molecule has 2 aromatic rings. The average Bonchev–Trinajstić information content (AvgIpc) is 2.81. The second-order valence-corrected chi connectivity index (χ2v) is 6.31. The van der Waals surface area contributed by atoms with Crippen LogP contribution in [0.1, 0.15) is 40.7 Å². The van der Waals surface area contributed by atoms with Gasteiger partial charge in [-0.3, -0.25) is 4.79 Å². The monoisotopic (exact) mass is 347 g/mol. The average molecular weight is 348 g/mol. The maximum absolute atomic E-state index is 12.1. The number of carbonyl (C=O) groups is 1. The molecule has 0 spiro atoms. The zero-order chi connectivity index (χ0) is 14.8. The van der Waals surface area contributed by atoms with Gasteiger partial charge in [0.25, 0.3) is 0 Å². The highest BCUT2D eigenvalue weighted by molar-refractivity contribution is 9.10. The Morgan fingerprint density at radius 3 is 2.86 bits per heavy atom. The van der Waals surface area contributed by atoms with Crippen LogP contribution in [0, 0.1) is 0 Å². The van der Waals surface area contributed by atoms with E-state index >= 15 is 0 Å². The molecule has 0 saturated heterocycles. The number of benzene rings is 1. The fraction of sp³-hybridized carbons (Fsp3) is 0.353. The van der Waals surface area contributed by atoms with Gasteiger partial charge in [0.15, 0.2) is 5.78 Å². The summed E-state index contributed by atoms with van der Waals surface area (Å²) < 4.78 is 8.44. The van der Waals surface area contributed by atoms with Gasteiger partial charge < -0.3 is 9.30 Å². The van der Waals surface area contributed by atoms with Gasteiger partial charge in [0.2, 0.25) is 0 Å². The van der Waals surface area contributed by atoms with Gasteiger partial charge in [-0.15, -0.1) is 0 Å². The van der Waals surface area contributed by atoms with E-state index in [1.807, 2.05) is 24.4 Å². The minimum Gasteiger partial charge on any atom is -0.497 e. The van der Waals surface area contributed by atoms with Crippen molar-refractivity contribution in [2.24, 2.45) is 0 Å². The number of rotatable bonds is 3. The Morgan fingerprint density at radius 2 is 2.05 bits per heavy atom. The molecule has 4 heteroatoms. The summed E-state index contributed by atoms with van der Waals surface area (Å²) in [5.74, 6) is 1.13. The van der Waals surface area contributed by atoms with E-state index in [0.29, 0.717) is 6.42 Å². The van der Waals surface area contributed by atoms with E-state index < -0.39 is 0 Å². The van der Waals surface area contributed by atoms with E-state index in [4.69, 9.17) is 4.74 Å². The predicted octanol–water partition coefficient (Wildman–Crippen LogP) is 4.22. The molecule has 1 heterocycles. The Labute approximate surface area is 133 Å². The van der Waals surface area contributed by atoms with Crippen molar-refractivity contribution < 1.29 is 9.53 Å². The van der Waals surface area contributed by atoms with Crippen LogP contribution in [0.2, 0.25) is 0 Å². The number of hydrogen-bond acceptors (Lipinski definition) is 2. The van der Waals surface area contributed by atoms with Crippen LogP contribution in [0.15, 0.2) is 35.1 Å². The Hall–Kier alpha value is -1.55. The highest BCUT2D eigenvalue weighted by Gasteiger charge is 2.18. The van der Waals surface area contributed by atoms with Crippen molar-refractivity contribution in [3.63, 3.8) is 0 Å². The minimum atomic E-state index is 0.283. The molecule has 0 saturated carbocycles. The number of ketones is 1. The number of aromatic nitrogens is 1. The van der Waals surface area contributed by atoms with Gasteiger partial charge >= 0.3 is 0 Å². The van der Waals surface area contributed by atoms with Crippen molar-refractivity contribution >= 4 is 21.7 Å². The molecule has 110 valence electrons. The lowest BCUT2D eigenvalue weighted by Crippen LogP contribution is -2.00. The van der Waals surface area contributed by atoms with Gasteiger partial charge in [-0.05, 0) is 48.6 Å². The van der Waals surface area contributed by atoms with E-state index in [9.17, 15) is 4.79 Å². The van der Waals surface area contributed by atoms with E-state index in [1.54, 1.807) is 7.11 Å². The molecule has 0 radical (unpaired) electrons. The Kier molecular flexibility index (Phi) is 4.15. The van der Waals surface area contributed by atoms with Crippen molar-refractivity contribution in [1.29, 1.82) is 0 Å². The van der Waals surface area contributed by atoms with Crippen LogP contribution in [0.5, 0.6) is 5.75 Å². The third-order valence-electron chi connectivity index (χ3n) is 3.97. The van der Waals surface area contributed by atoms with E-state index in [-0.39, 0.29) is 5.78 Å². The number of halogens is 1. The molecule has 0 amide bonds. The minimum absolute atomic E-state index is 0.283. The Morgan fingerprint density at radius 1 is 1.24 bits per heavy atom. The zero-order valence-corrected chi connectivity index (χ0v) is 13.6. The second kappa shape index (κ2) is 6.06. The largest absolute Gasteiger partial charge is 0.497 e. The second-order valence-electron chi connectivity index (χ2n) is 5.46. The molecule has 1 aliphatic rings. The van der Waals surface area contributed by atoms with Crippen molar-refractivity contribution in [3.8, 4) is 5.75 Å². The maximum Gasteiger partial charge on any atom is 0.164 e. The number of methoxy groups -OCH3 is 1. The summed E-state index contributed by atoms with van der Waals surface area (Å²) >= 11 is 3.58. The first-order valence-electron chi connectivity index (χ1n) is 7.21. The van der Waals surface area contributed by atoms with Crippen LogP contribution < -0.4 is 4.74 Å². The van der Waals surface area contributed by atoms with Gasteiger partial charge in [0, 0.05) is 35.4 Å². The fourth-order valence-electron chi connectivity index (χ4n) is 2.83. The smallest absolute Gasteiger partial charge is 0.164 e. The van der Waals surface area contributed by atoms with E-state index in [0.717, 1.165) is 47.2 Å². The van der Waals surface area contributed by atoms with Crippen LogP contribution in [0.4, 0.5) is 0 Å². The molecule has 1 aromatic carbocycles. The van der Waals surface area contributed by atoms with Crippen LogP contribution >= 0.6 is 15.9 Å². The first-order valence-corrected chi connectivity index (χ1v) is 8.01. The zero-order valence-electron chi connectivity index (χ0n) is 12.1. The van der Waals surface area contributed by atoms with Crippen molar-refractivity contribution in [3.05, 3.63) is 51.8 Å². The number of Topliss-reactive ketones (excluding diaryl/α,β-unsaturated/α-hetero) is 1. The Bertz CT molecular complexity index is 675. The molecule has 0 fully saturated rings. The number of nitrogens with zero attached hydrogens (tertiary/aromatic N) is 1. The number of fused-ring (bicyclic) bond motifs is 1. The maximum atomic E-state index is 12.1. The molecule has 0 atom stereocenters. The molecule has 1 aromatic heterocycles. The molecule has 0 unspecified atom stereocenters. The third kappa shape index (κ3) is 3.05. The van der Waals surface area contributed by atoms with Crippen molar-refractivity contribution in [2.75, 3.05) is 7.11 Å². The van der Waals surface area contributed by atoms with Crippen LogP contribution in [-0.4, -0.2) is 17.5 Å². The standard InChI is InChI=1S/C17H18BrNO2/c1-21-14-6-7-16(18)13(8-14)10-19-9-12-4-2-3-5-17(20)15(12)11-19/h6-9,11H,2-5,10H2,1H3. The third-order valence-corrected chi connectivity index (χ3v) is 4.74. The summed E-state index contributed by atoms with van der Waals surface area (Å²) in [6.45, 7) is 0.734. The molecule has 0 aliphatic heterocycles.